The number of hydrogen-bond acceptors (Lipinski definition) is 4. The predicted octanol–water partition coefficient (Wildman–Crippen LogP) is 0.833. The van der Waals surface area contributed by atoms with Crippen LogP contribution in [0.5, 0.6) is 0 Å². The van der Waals surface area contributed by atoms with E-state index in [9.17, 15) is 9.90 Å². The standard InChI is InChI=1S/C11H23NO4/c1-6-12(9(2)7-15-4)11(3,8-16-5)10(13)14/h9H,6-8H2,1-5H3,(H,13,14). The number of carboxylic acids is 1. The van der Waals surface area contributed by atoms with E-state index in [0.717, 1.165) is 0 Å². The molecule has 16 heavy (non-hydrogen) atoms. The van der Waals surface area contributed by atoms with Gasteiger partial charge in [-0.05, 0) is 20.4 Å². The Morgan fingerprint density at radius 3 is 2.31 bits per heavy atom. The average Bonchev–Trinajstić information content (AvgIpc) is 2.19. The normalized spacial score (nSPS) is 17.1. The summed E-state index contributed by atoms with van der Waals surface area (Å²) in [6, 6.07) is 0.0336. The maximum Gasteiger partial charge on any atom is 0.326 e. The minimum Gasteiger partial charge on any atom is -0.480 e. The Morgan fingerprint density at radius 1 is 1.44 bits per heavy atom. The van der Waals surface area contributed by atoms with Crippen molar-refractivity contribution >= 4 is 5.97 Å². The Bertz CT molecular complexity index is 222. The number of rotatable bonds is 8. The molecule has 0 radical (unpaired) electrons. The second-order valence-electron chi connectivity index (χ2n) is 4.10. The van der Waals surface area contributed by atoms with Gasteiger partial charge in [-0.2, -0.15) is 0 Å². The summed E-state index contributed by atoms with van der Waals surface area (Å²) in [6.45, 7) is 6.85. The van der Waals surface area contributed by atoms with Gasteiger partial charge in [0.2, 0.25) is 0 Å². The summed E-state index contributed by atoms with van der Waals surface area (Å²) in [7, 11) is 3.12. The van der Waals surface area contributed by atoms with Crippen molar-refractivity contribution in [2.24, 2.45) is 0 Å². The highest BCUT2D eigenvalue weighted by Gasteiger charge is 2.41. The predicted molar refractivity (Wildman–Crippen MR) is 61.6 cm³/mol. The summed E-state index contributed by atoms with van der Waals surface area (Å²) in [6.07, 6.45) is 0. The molecule has 0 bridgehead atoms. The smallest absolute Gasteiger partial charge is 0.326 e. The van der Waals surface area contributed by atoms with Crippen LogP contribution in [-0.2, 0) is 14.3 Å². The van der Waals surface area contributed by atoms with Crippen LogP contribution in [0.1, 0.15) is 20.8 Å². The van der Waals surface area contributed by atoms with Crippen LogP contribution >= 0.6 is 0 Å². The molecule has 0 amide bonds. The maximum absolute atomic E-state index is 11.4. The van der Waals surface area contributed by atoms with Crippen LogP contribution in [0, 0.1) is 0 Å². The Kier molecular flexibility index (Phi) is 6.55. The van der Waals surface area contributed by atoms with Gasteiger partial charge in [0, 0.05) is 20.3 Å². The van der Waals surface area contributed by atoms with E-state index in [1.165, 1.54) is 7.11 Å². The first-order chi connectivity index (χ1) is 7.43. The van der Waals surface area contributed by atoms with Crippen LogP contribution < -0.4 is 0 Å². The highest BCUT2D eigenvalue weighted by atomic mass is 16.5. The summed E-state index contributed by atoms with van der Waals surface area (Å²) in [5.74, 6) is -0.876. The first-order valence-corrected chi connectivity index (χ1v) is 5.42. The average molecular weight is 233 g/mol. The zero-order chi connectivity index (χ0) is 12.8. The molecule has 0 spiro atoms. The molecule has 0 aliphatic rings. The van der Waals surface area contributed by atoms with Crippen molar-refractivity contribution < 1.29 is 19.4 Å². The highest BCUT2D eigenvalue weighted by Crippen LogP contribution is 2.19. The van der Waals surface area contributed by atoms with Gasteiger partial charge in [-0.3, -0.25) is 9.69 Å². The molecule has 2 atom stereocenters. The van der Waals surface area contributed by atoms with Crippen LogP contribution in [0.25, 0.3) is 0 Å². The van der Waals surface area contributed by atoms with Crippen LogP contribution in [0.4, 0.5) is 0 Å². The molecule has 0 aromatic heterocycles. The Morgan fingerprint density at radius 2 is 2.00 bits per heavy atom. The second kappa shape index (κ2) is 6.83. The van der Waals surface area contributed by atoms with Crippen molar-refractivity contribution in [3.8, 4) is 0 Å². The largest absolute Gasteiger partial charge is 0.480 e. The number of nitrogens with zero attached hydrogens (tertiary/aromatic N) is 1. The molecule has 0 saturated carbocycles. The molecule has 0 aromatic rings. The Hall–Kier alpha value is -0.650. The SMILES string of the molecule is CCN(C(C)COC)C(C)(COC)C(=O)O. The fourth-order valence-corrected chi connectivity index (χ4v) is 2.03. The van der Waals surface area contributed by atoms with Crippen LogP contribution in [-0.4, -0.2) is 61.5 Å². The lowest BCUT2D eigenvalue weighted by atomic mass is 9.99. The third-order valence-electron chi connectivity index (χ3n) is 2.80. The minimum atomic E-state index is -1.01. The summed E-state index contributed by atoms with van der Waals surface area (Å²) < 4.78 is 10.1. The molecule has 0 aromatic carbocycles. The van der Waals surface area contributed by atoms with E-state index in [1.807, 2.05) is 18.7 Å². The fourth-order valence-electron chi connectivity index (χ4n) is 2.03. The van der Waals surface area contributed by atoms with Gasteiger partial charge in [-0.1, -0.05) is 6.92 Å². The number of aliphatic carboxylic acids is 1. The van der Waals surface area contributed by atoms with E-state index < -0.39 is 11.5 Å². The Labute approximate surface area is 97.3 Å². The molecule has 2 unspecified atom stereocenters. The molecule has 0 heterocycles. The second-order valence-corrected chi connectivity index (χ2v) is 4.10. The quantitative estimate of drug-likeness (QED) is 0.673. The van der Waals surface area contributed by atoms with Gasteiger partial charge in [0.1, 0.15) is 5.54 Å². The molecular formula is C11H23NO4. The summed E-state index contributed by atoms with van der Waals surface area (Å²) in [5.41, 5.74) is -1.01. The van der Waals surface area contributed by atoms with Crippen LogP contribution in [0.15, 0.2) is 0 Å². The molecule has 0 aliphatic carbocycles. The molecule has 0 aliphatic heterocycles. The van der Waals surface area contributed by atoms with Crippen LogP contribution in [0.3, 0.4) is 0 Å². The van der Waals surface area contributed by atoms with Gasteiger partial charge in [0.05, 0.1) is 13.2 Å². The number of ether oxygens (including phenoxy) is 2. The fraction of sp³-hybridized carbons (Fsp3) is 0.909. The number of likely N-dealkylation sites (N-methyl/N-ethyl adjacent to an activating group) is 1. The molecule has 96 valence electrons. The van der Waals surface area contributed by atoms with E-state index in [4.69, 9.17) is 9.47 Å². The van der Waals surface area contributed by atoms with Crippen molar-refractivity contribution in [3.63, 3.8) is 0 Å². The summed E-state index contributed by atoms with van der Waals surface area (Å²) >= 11 is 0. The van der Waals surface area contributed by atoms with E-state index in [0.29, 0.717) is 13.2 Å². The lowest BCUT2D eigenvalue weighted by molar-refractivity contribution is -0.157. The first kappa shape index (κ1) is 15.3. The molecule has 0 saturated heterocycles. The third-order valence-corrected chi connectivity index (χ3v) is 2.80. The van der Waals surface area contributed by atoms with Crippen LogP contribution in [0.2, 0.25) is 0 Å². The molecule has 5 nitrogen and oxygen atoms in total. The highest BCUT2D eigenvalue weighted by molar-refractivity contribution is 5.78. The van der Waals surface area contributed by atoms with Gasteiger partial charge in [-0.25, -0.2) is 0 Å². The van der Waals surface area contributed by atoms with Crippen molar-refractivity contribution in [2.75, 3.05) is 34.0 Å². The topological polar surface area (TPSA) is 59.0 Å². The maximum atomic E-state index is 11.4. The molecule has 1 N–H and O–H groups in total. The monoisotopic (exact) mass is 233 g/mol. The zero-order valence-corrected chi connectivity index (χ0v) is 10.8. The van der Waals surface area contributed by atoms with E-state index in [2.05, 4.69) is 0 Å². The van der Waals surface area contributed by atoms with E-state index >= 15 is 0 Å². The first-order valence-electron chi connectivity index (χ1n) is 5.42. The molecular weight excluding hydrogens is 210 g/mol. The number of hydrogen-bond donors (Lipinski definition) is 1. The molecule has 0 rings (SSSR count). The van der Waals surface area contributed by atoms with Gasteiger partial charge in [0.25, 0.3) is 0 Å². The van der Waals surface area contributed by atoms with E-state index in [1.54, 1.807) is 14.0 Å². The lowest BCUT2D eigenvalue weighted by Gasteiger charge is -2.40. The van der Waals surface area contributed by atoms with Gasteiger partial charge in [0.15, 0.2) is 0 Å². The van der Waals surface area contributed by atoms with Gasteiger partial charge < -0.3 is 14.6 Å². The summed E-state index contributed by atoms with van der Waals surface area (Å²) in [5, 5.41) is 9.32. The van der Waals surface area contributed by atoms with E-state index in [-0.39, 0.29) is 12.6 Å². The van der Waals surface area contributed by atoms with Crippen molar-refractivity contribution in [1.82, 2.24) is 4.90 Å². The number of carbonyl (C=O) groups is 1. The van der Waals surface area contributed by atoms with Gasteiger partial charge in [-0.15, -0.1) is 0 Å². The molecule has 5 heteroatoms. The summed E-state index contributed by atoms with van der Waals surface area (Å²) in [4.78, 5) is 13.2. The van der Waals surface area contributed by atoms with Gasteiger partial charge >= 0.3 is 5.97 Å². The van der Waals surface area contributed by atoms with Crippen molar-refractivity contribution in [1.29, 1.82) is 0 Å². The zero-order valence-electron chi connectivity index (χ0n) is 10.8. The van der Waals surface area contributed by atoms with Crippen molar-refractivity contribution in [2.45, 2.75) is 32.4 Å². The minimum absolute atomic E-state index is 0.0336. The number of methoxy groups -OCH3 is 2. The lowest BCUT2D eigenvalue weighted by Crippen LogP contribution is -2.59. The Balaban J connectivity index is 4.90. The number of carboxylic acid groups (broad SMARTS) is 1. The molecule has 0 fully saturated rings. The third kappa shape index (κ3) is 3.43. The van der Waals surface area contributed by atoms with Crippen molar-refractivity contribution in [3.05, 3.63) is 0 Å².